The molecule has 2 heterocycles. The number of fused-ring (bicyclic) bond motifs is 1. The molecule has 7 heteroatoms. The van der Waals surface area contributed by atoms with Gasteiger partial charge in [0.25, 0.3) is 0 Å². The molecule has 1 aliphatic rings. The van der Waals surface area contributed by atoms with Gasteiger partial charge in [0.05, 0.1) is 9.90 Å². The van der Waals surface area contributed by atoms with Crippen molar-refractivity contribution in [3.63, 3.8) is 0 Å². The van der Waals surface area contributed by atoms with Gasteiger partial charge in [0.2, 0.25) is 5.91 Å². The SMILES string of the molecule is O=C(CCC(=O)c1cccs1)NCCc1cc(Cl)c2c(c1)OCCO2. The summed E-state index contributed by atoms with van der Waals surface area (Å²) in [6.07, 6.45) is 1.04. The van der Waals surface area contributed by atoms with Gasteiger partial charge >= 0.3 is 0 Å². The molecule has 0 atom stereocenters. The predicted molar refractivity (Wildman–Crippen MR) is 97.0 cm³/mol. The summed E-state index contributed by atoms with van der Waals surface area (Å²) in [7, 11) is 0. The maximum Gasteiger partial charge on any atom is 0.220 e. The van der Waals surface area contributed by atoms with E-state index in [2.05, 4.69) is 5.32 Å². The molecule has 25 heavy (non-hydrogen) atoms. The number of carbonyl (C=O) groups excluding carboxylic acids is 2. The number of carbonyl (C=O) groups is 2. The van der Waals surface area contributed by atoms with Gasteiger partial charge in [-0.05, 0) is 35.6 Å². The molecule has 0 aliphatic carbocycles. The third kappa shape index (κ3) is 4.74. The van der Waals surface area contributed by atoms with Crippen molar-refractivity contribution in [2.75, 3.05) is 19.8 Å². The molecule has 2 aromatic rings. The zero-order chi connectivity index (χ0) is 17.6. The van der Waals surface area contributed by atoms with Crippen LogP contribution in [0.1, 0.15) is 28.1 Å². The fraction of sp³-hybridized carbons (Fsp3) is 0.333. The molecule has 3 rings (SSSR count). The highest BCUT2D eigenvalue weighted by Crippen LogP contribution is 2.38. The van der Waals surface area contributed by atoms with Crippen molar-refractivity contribution in [1.29, 1.82) is 0 Å². The molecule has 0 fully saturated rings. The Morgan fingerprint density at radius 1 is 1.20 bits per heavy atom. The van der Waals surface area contributed by atoms with Crippen LogP contribution in [0.4, 0.5) is 0 Å². The van der Waals surface area contributed by atoms with Crippen LogP contribution >= 0.6 is 22.9 Å². The van der Waals surface area contributed by atoms with Crippen LogP contribution in [0.3, 0.4) is 0 Å². The molecular formula is C18H18ClNO4S. The molecule has 0 saturated carbocycles. The molecule has 1 N–H and O–H groups in total. The lowest BCUT2D eigenvalue weighted by atomic mass is 10.1. The predicted octanol–water partition coefficient (Wildman–Crippen LogP) is 3.49. The van der Waals surface area contributed by atoms with E-state index in [9.17, 15) is 9.59 Å². The van der Waals surface area contributed by atoms with E-state index in [1.807, 2.05) is 23.6 Å². The van der Waals surface area contributed by atoms with Gasteiger partial charge < -0.3 is 14.8 Å². The summed E-state index contributed by atoms with van der Waals surface area (Å²) in [4.78, 5) is 24.4. The molecule has 0 saturated heterocycles. The van der Waals surface area contributed by atoms with Crippen LogP contribution in [0.5, 0.6) is 11.5 Å². The first-order valence-electron chi connectivity index (χ1n) is 8.05. The fourth-order valence-corrected chi connectivity index (χ4v) is 3.51. The van der Waals surface area contributed by atoms with Gasteiger partial charge in [0.1, 0.15) is 13.2 Å². The number of amides is 1. The van der Waals surface area contributed by atoms with Crippen LogP contribution in [0.15, 0.2) is 29.6 Å². The van der Waals surface area contributed by atoms with Gasteiger partial charge in [-0.15, -0.1) is 11.3 Å². The number of benzene rings is 1. The van der Waals surface area contributed by atoms with Gasteiger partial charge in [-0.25, -0.2) is 0 Å². The minimum Gasteiger partial charge on any atom is -0.486 e. The normalized spacial score (nSPS) is 12.7. The first-order valence-corrected chi connectivity index (χ1v) is 9.30. The zero-order valence-corrected chi connectivity index (χ0v) is 15.1. The maximum absolute atomic E-state index is 11.9. The number of thiophene rings is 1. The Labute approximate surface area is 154 Å². The molecule has 0 spiro atoms. The number of halogens is 1. The summed E-state index contributed by atoms with van der Waals surface area (Å²) in [6.45, 7) is 1.47. The van der Waals surface area contributed by atoms with Crippen LogP contribution in [0.2, 0.25) is 5.02 Å². The molecule has 1 amide bonds. The number of hydrogen-bond acceptors (Lipinski definition) is 5. The van der Waals surface area contributed by atoms with Crippen molar-refractivity contribution >= 4 is 34.6 Å². The van der Waals surface area contributed by atoms with Crippen LogP contribution in [-0.4, -0.2) is 31.4 Å². The second-order valence-corrected chi connectivity index (χ2v) is 6.96. The summed E-state index contributed by atoms with van der Waals surface area (Å²) in [5, 5.41) is 5.20. The molecule has 132 valence electrons. The molecule has 5 nitrogen and oxygen atoms in total. The number of Topliss-reactive ketones (excluding diaryl/α,β-unsaturated/α-hetero) is 1. The van der Waals surface area contributed by atoms with Gasteiger partial charge in [-0.1, -0.05) is 17.7 Å². The van der Waals surface area contributed by atoms with E-state index in [4.69, 9.17) is 21.1 Å². The molecule has 0 radical (unpaired) electrons. The lowest BCUT2D eigenvalue weighted by Gasteiger charge is -2.20. The first kappa shape index (κ1) is 17.8. The Bertz CT molecular complexity index is 761. The number of nitrogens with one attached hydrogen (secondary N) is 1. The lowest BCUT2D eigenvalue weighted by Crippen LogP contribution is -2.26. The average molecular weight is 380 g/mol. The standard InChI is InChI=1S/C18H18ClNO4S/c19-13-10-12(11-15-18(13)24-8-7-23-15)5-6-20-17(22)4-3-14(21)16-2-1-9-25-16/h1-2,9-11H,3-8H2,(H,20,22). The smallest absolute Gasteiger partial charge is 0.220 e. The third-order valence-corrected chi connectivity index (χ3v) is 4.96. The largest absolute Gasteiger partial charge is 0.486 e. The van der Waals surface area contributed by atoms with Crippen molar-refractivity contribution in [2.45, 2.75) is 19.3 Å². The number of ether oxygens (including phenoxy) is 2. The van der Waals surface area contributed by atoms with Gasteiger partial charge in [-0.2, -0.15) is 0 Å². The Balaban J connectivity index is 1.44. The van der Waals surface area contributed by atoms with E-state index in [1.165, 1.54) is 11.3 Å². The van der Waals surface area contributed by atoms with E-state index in [1.54, 1.807) is 6.07 Å². The van der Waals surface area contributed by atoms with E-state index in [-0.39, 0.29) is 24.5 Å². The number of hydrogen-bond donors (Lipinski definition) is 1. The van der Waals surface area contributed by atoms with Crippen LogP contribution < -0.4 is 14.8 Å². The third-order valence-electron chi connectivity index (χ3n) is 3.77. The summed E-state index contributed by atoms with van der Waals surface area (Å²) < 4.78 is 11.0. The van der Waals surface area contributed by atoms with Crippen molar-refractivity contribution in [3.8, 4) is 11.5 Å². The zero-order valence-electron chi connectivity index (χ0n) is 13.5. The van der Waals surface area contributed by atoms with Crippen molar-refractivity contribution in [3.05, 3.63) is 45.1 Å². The first-order chi connectivity index (χ1) is 12.1. The molecular weight excluding hydrogens is 362 g/mol. The monoisotopic (exact) mass is 379 g/mol. The summed E-state index contributed by atoms with van der Waals surface area (Å²) in [5.41, 5.74) is 0.962. The summed E-state index contributed by atoms with van der Waals surface area (Å²) in [6, 6.07) is 7.31. The van der Waals surface area contributed by atoms with Crippen molar-refractivity contribution < 1.29 is 19.1 Å². The van der Waals surface area contributed by atoms with Crippen LogP contribution in [0.25, 0.3) is 0 Å². The van der Waals surface area contributed by atoms with E-state index in [0.717, 1.165) is 5.56 Å². The van der Waals surface area contributed by atoms with Crippen molar-refractivity contribution in [2.24, 2.45) is 0 Å². The maximum atomic E-state index is 11.9. The molecule has 1 aliphatic heterocycles. The highest BCUT2D eigenvalue weighted by atomic mass is 35.5. The Kier molecular flexibility index (Phi) is 5.94. The van der Waals surface area contributed by atoms with Gasteiger partial charge in [0.15, 0.2) is 17.3 Å². The van der Waals surface area contributed by atoms with E-state index < -0.39 is 0 Å². The van der Waals surface area contributed by atoms with Crippen LogP contribution in [-0.2, 0) is 11.2 Å². The second-order valence-electron chi connectivity index (χ2n) is 5.60. The number of rotatable bonds is 7. The van der Waals surface area contributed by atoms with E-state index in [0.29, 0.717) is 47.6 Å². The Hall–Kier alpha value is -2.05. The van der Waals surface area contributed by atoms with E-state index >= 15 is 0 Å². The molecule has 1 aromatic carbocycles. The minimum atomic E-state index is -0.131. The van der Waals surface area contributed by atoms with Gasteiger partial charge in [0, 0.05) is 19.4 Å². The highest BCUT2D eigenvalue weighted by Gasteiger charge is 2.16. The second kappa shape index (κ2) is 8.36. The number of ketones is 1. The topological polar surface area (TPSA) is 64.6 Å². The minimum absolute atomic E-state index is 0.00349. The Morgan fingerprint density at radius 3 is 2.84 bits per heavy atom. The Morgan fingerprint density at radius 2 is 2.04 bits per heavy atom. The molecule has 0 unspecified atom stereocenters. The van der Waals surface area contributed by atoms with Crippen molar-refractivity contribution in [1.82, 2.24) is 5.32 Å². The lowest BCUT2D eigenvalue weighted by molar-refractivity contribution is -0.121. The fourth-order valence-electron chi connectivity index (χ4n) is 2.53. The average Bonchev–Trinajstić information content (AvgIpc) is 3.14. The molecule has 0 bridgehead atoms. The van der Waals surface area contributed by atoms with Crippen LogP contribution in [0, 0.1) is 0 Å². The summed E-state index contributed by atoms with van der Waals surface area (Å²) >= 11 is 7.59. The molecule has 1 aromatic heterocycles. The van der Waals surface area contributed by atoms with Gasteiger partial charge in [-0.3, -0.25) is 9.59 Å². The summed E-state index contributed by atoms with van der Waals surface area (Å²) in [5.74, 6) is 1.09. The quantitative estimate of drug-likeness (QED) is 0.748. The highest BCUT2D eigenvalue weighted by molar-refractivity contribution is 7.12.